The average molecular weight is 302 g/mol. The van der Waals surface area contributed by atoms with Crippen LogP contribution in [0, 0.1) is 5.92 Å². The summed E-state index contributed by atoms with van der Waals surface area (Å²) in [5.74, 6) is 0.364. The second-order valence-corrected chi connectivity index (χ2v) is 6.69. The maximum atomic E-state index is 12.1. The Morgan fingerprint density at radius 1 is 1.47 bits per heavy atom. The Balaban J connectivity index is 1.84. The van der Waals surface area contributed by atoms with Crippen molar-refractivity contribution in [3.8, 4) is 0 Å². The lowest BCUT2D eigenvalue weighted by molar-refractivity contribution is -0.126. The van der Waals surface area contributed by atoms with Crippen molar-refractivity contribution in [2.24, 2.45) is 5.92 Å². The van der Waals surface area contributed by atoms with Crippen molar-refractivity contribution in [3.63, 3.8) is 0 Å². The lowest BCUT2D eigenvalue weighted by Crippen LogP contribution is -2.35. The fourth-order valence-corrected chi connectivity index (χ4v) is 3.64. The first-order valence-corrected chi connectivity index (χ1v) is 7.96. The highest BCUT2D eigenvalue weighted by atomic mass is 35.5. The van der Waals surface area contributed by atoms with E-state index in [4.69, 9.17) is 16.3 Å². The highest BCUT2D eigenvalue weighted by molar-refractivity contribution is 7.16. The topological polar surface area (TPSA) is 38.3 Å². The number of rotatable bonds is 5. The number of carbonyl (C=O) groups excluding carboxylic acids is 1. The first-order valence-electron chi connectivity index (χ1n) is 6.76. The van der Waals surface area contributed by atoms with E-state index in [1.807, 2.05) is 12.1 Å². The molecule has 0 aliphatic heterocycles. The van der Waals surface area contributed by atoms with Gasteiger partial charge in [0.1, 0.15) is 6.10 Å². The summed E-state index contributed by atoms with van der Waals surface area (Å²) in [6, 6.07) is 3.81. The van der Waals surface area contributed by atoms with Gasteiger partial charge in [-0.25, -0.2) is 0 Å². The Labute approximate surface area is 123 Å². The molecule has 0 saturated heterocycles. The number of hydrogen-bond acceptors (Lipinski definition) is 3. The van der Waals surface area contributed by atoms with E-state index >= 15 is 0 Å². The van der Waals surface area contributed by atoms with Crippen LogP contribution in [0.5, 0.6) is 0 Å². The van der Waals surface area contributed by atoms with Crippen molar-refractivity contribution >= 4 is 28.8 Å². The molecule has 1 aromatic rings. The Morgan fingerprint density at radius 3 is 2.79 bits per heavy atom. The van der Waals surface area contributed by atoms with Crippen LogP contribution in [0.2, 0.25) is 4.34 Å². The van der Waals surface area contributed by atoms with E-state index < -0.39 is 0 Å². The molecule has 5 heteroatoms. The van der Waals surface area contributed by atoms with Crippen LogP contribution in [0.15, 0.2) is 12.1 Å². The quantitative estimate of drug-likeness (QED) is 0.898. The number of halogens is 1. The molecule has 0 radical (unpaired) electrons. The molecule has 0 spiro atoms. The first-order chi connectivity index (χ1) is 9.20. The van der Waals surface area contributed by atoms with Crippen LogP contribution in [0.4, 0.5) is 0 Å². The van der Waals surface area contributed by atoms with Crippen molar-refractivity contribution in [1.29, 1.82) is 0 Å². The van der Waals surface area contributed by atoms with E-state index in [2.05, 4.69) is 5.32 Å². The average Bonchev–Trinajstić information content (AvgIpc) is 2.87. The smallest absolute Gasteiger partial charge is 0.223 e. The van der Waals surface area contributed by atoms with Crippen LogP contribution >= 0.6 is 22.9 Å². The summed E-state index contributed by atoms with van der Waals surface area (Å²) < 4.78 is 6.17. The maximum absolute atomic E-state index is 12.1. The third-order valence-electron chi connectivity index (χ3n) is 3.63. The molecule has 0 aromatic carbocycles. The molecule has 19 heavy (non-hydrogen) atoms. The van der Waals surface area contributed by atoms with E-state index in [-0.39, 0.29) is 17.9 Å². The van der Waals surface area contributed by atoms with Gasteiger partial charge in [-0.05, 0) is 25.0 Å². The van der Waals surface area contributed by atoms with Crippen molar-refractivity contribution in [1.82, 2.24) is 5.32 Å². The van der Waals surface area contributed by atoms with Crippen LogP contribution in [0.3, 0.4) is 0 Å². The SMILES string of the molecule is COC(CNC(=O)C1CCCCC1)c1ccc(Cl)s1. The largest absolute Gasteiger partial charge is 0.374 e. The lowest BCUT2D eigenvalue weighted by atomic mass is 9.88. The predicted octanol–water partition coefficient (Wildman–Crippen LogP) is 3.79. The van der Waals surface area contributed by atoms with Gasteiger partial charge in [0.05, 0.1) is 4.34 Å². The van der Waals surface area contributed by atoms with Crippen LogP contribution in [-0.4, -0.2) is 19.6 Å². The van der Waals surface area contributed by atoms with Crippen LogP contribution in [0.1, 0.15) is 43.1 Å². The van der Waals surface area contributed by atoms with Gasteiger partial charge in [0.15, 0.2) is 0 Å². The highest BCUT2D eigenvalue weighted by Gasteiger charge is 2.22. The molecular weight excluding hydrogens is 282 g/mol. The minimum absolute atomic E-state index is 0.106. The molecule has 1 fully saturated rings. The normalized spacial score (nSPS) is 18.2. The second-order valence-electron chi connectivity index (χ2n) is 4.95. The minimum Gasteiger partial charge on any atom is -0.374 e. The number of amides is 1. The van der Waals surface area contributed by atoms with Gasteiger partial charge in [0.2, 0.25) is 5.91 Å². The highest BCUT2D eigenvalue weighted by Crippen LogP contribution is 2.29. The van der Waals surface area contributed by atoms with Gasteiger partial charge in [-0.2, -0.15) is 0 Å². The molecule has 1 heterocycles. The van der Waals surface area contributed by atoms with E-state index in [1.54, 1.807) is 7.11 Å². The van der Waals surface area contributed by atoms with Gasteiger partial charge >= 0.3 is 0 Å². The van der Waals surface area contributed by atoms with Gasteiger partial charge in [-0.15, -0.1) is 11.3 Å². The number of carbonyl (C=O) groups is 1. The van der Waals surface area contributed by atoms with Crippen molar-refractivity contribution in [2.45, 2.75) is 38.2 Å². The van der Waals surface area contributed by atoms with Crippen molar-refractivity contribution in [2.75, 3.05) is 13.7 Å². The van der Waals surface area contributed by atoms with E-state index in [0.29, 0.717) is 6.54 Å². The molecule has 1 N–H and O–H groups in total. The Morgan fingerprint density at radius 2 is 2.21 bits per heavy atom. The lowest BCUT2D eigenvalue weighted by Gasteiger charge is -2.22. The molecule has 2 rings (SSSR count). The molecule has 0 bridgehead atoms. The Kier molecular flexibility index (Phi) is 5.67. The zero-order chi connectivity index (χ0) is 13.7. The molecule has 1 aromatic heterocycles. The van der Waals surface area contributed by atoms with Gasteiger partial charge in [0.25, 0.3) is 0 Å². The molecule has 106 valence electrons. The number of thiophene rings is 1. The zero-order valence-electron chi connectivity index (χ0n) is 11.2. The standard InChI is InChI=1S/C14H20ClNO2S/c1-18-11(12-7-8-13(15)19-12)9-16-14(17)10-5-3-2-4-6-10/h7-8,10-11H,2-6,9H2,1H3,(H,16,17). The summed E-state index contributed by atoms with van der Waals surface area (Å²) in [6.45, 7) is 0.517. The minimum atomic E-state index is -0.106. The van der Waals surface area contributed by atoms with Crippen LogP contribution < -0.4 is 5.32 Å². The summed E-state index contributed by atoms with van der Waals surface area (Å²) in [6.07, 6.45) is 5.55. The van der Waals surface area contributed by atoms with E-state index in [9.17, 15) is 4.79 Å². The third kappa shape index (κ3) is 4.20. The number of hydrogen-bond donors (Lipinski definition) is 1. The fraction of sp³-hybridized carbons (Fsp3) is 0.643. The molecule has 1 saturated carbocycles. The van der Waals surface area contributed by atoms with Gasteiger partial charge in [-0.1, -0.05) is 30.9 Å². The van der Waals surface area contributed by atoms with E-state index in [0.717, 1.165) is 22.1 Å². The molecule has 3 nitrogen and oxygen atoms in total. The molecule has 1 atom stereocenters. The summed E-state index contributed by atoms with van der Waals surface area (Å²) in [5, 5.41) is 3.01. The van der Waals surface area contributed by atoms with Crippen molar-refractivity contribution < 1.29 is 9.53 Å². The molecule has 1 unspecified atom stereocenters. The monoisotopic (exact) mass is 301 g/mol. The Hall–Kier alpha value is -0.580. The van der Waals surface area contributed by atoms with Crippen molar-refractivity contribution in [3.05, 3.63) is 21.3 Å². The maximum Gasteiger partial charge on any atom is 0.223 e. The summed E-state index contributed by atoms with van der Waals surface area (Å²) in [5.41, 5.74) is 0. The third-order valence-corrected chi connectivity index (χ3v) is 4.96. The summed E-state index contributed by atoms with van der Waals surface area (Å²) in [7, 11) is 1.66. The van der Waals surface area contributed by atoms with E-state index in [1.165, 1.54) is 30.6 Å². The van der Waals surface area contributed by atoms with Gasteiger partial charge in [0, 0.05) is 24.4 Å². The zero-order valence-corrected chi connectivity index (χ0v) is 12.7. The van der Waals surface area contributed by atoms with Crippen LogP contribution in [-0.2, 0) is 9.53 Å². The molecule has 1 amide bonds. The molecular formula is C14H20ClNO2S. The number of nitrogens with one attached hydrogen (secondary N) is 1. The Bertz CT molecular complexity index is 415. The summed E-state index contributed by atoms with van der Waals surface area (Å²) >= 11 is 7.42. The molecule has 1 aliphatic carbocycles. The second kappa shape index (κ2) is 7.27. The first kappa shape index (κ1) is 14.8. The number of methoxy groups -OCH3 is 1. The number of ether oxygens (including phenoxy) is 1. The fourth-order valence-electron chi connectivity index (χ4n) is 2.50. The van der Waals surface area contributed by atoms with Crippen LogP contribution in [0.25, 0.3) is 0 Å². The predicted molar refractivity (Wildman–Crippen MR) is 78.7 cm³/mol. The van der Waals surface area contributed by atoms with Gasteiger partial charge in [-0.3, -0.25) is 4.79 Å². The summed E-state index contributed by atoms with van der Waals surface area (Å²) in [4.78, 5) is 13.1. The molecule has 1 aliphatic rings. The van der Waals surface area contributed by atoms with Gasteiger partial charge < -0.3 is 10.1 Å².